The summed E-state index contributed by atoms with van der Waals surface area (Å²) in [5, 5.41) is 2.67. The number of halogens is 2. The van der Waals surface area contributed by atoms with E-state index in [2.05, 4.69) is 5.32 Å². The van der Waals surface area contributed by atoms with Gasteiger partial charge in [-0.2, -0.15) is 0 Å². The Kier molecular flexibility index (Phi) is 4.70. The minimum absolute atomic E-state index is 0.189. The first-order valence-electron chi connectivity index (χ1n) is 6.78. The van der Waals surface area contributed by atoms with E-state index in [0.29, 0.717) is 5.56 Å². The number of benzene rings is 1. The number of carbonyl (C=O) groups excluding carboxylic acids is 1. The van der Waals surface area contributed by atoms with Gasteiger partial charge in [-0.25, -0.2) is 8.78 Å². The molecule has 0 bridgehead atoms. The monoisotopic (exact) mass is 306 g/mol. The number of rotatable bonds is 4. The number of carbonyl (C=O) groups is 1. The van der Waals surface area contributed by atoms with Crippen LogP contribution in [-0.4, -0.2) is 17.0 Å². The molecule has 0 spiro atoms. The molecular formula is C16H16F2N2O2. The lowest BCUT2D eigenvalue weighted by Crippen LogP contribution is -2.29. The maximum Gasteiger partial charge on any atom is 0.251 e. The van der Waals surface area contributed by atoms with Gasteiger partial charge in [0.25, 0.3) is 11.5 Å². The summed E-state index contributed by atoms with van der Waals surface area (Å²) in [6.07, 6.45) is 1.51. The van der Waals surface area contributed by atoms with Gasteiger partial charge in [0.2, 0.25) is 0 Å². The molecule has 0 saturated carbocycles. The fourth-order valence-corrected chi connectivity index (χ4v) is 1.97. The van der Waals surface area contributed by atoms with Gasteiger partial charge < -0.3 is 9.88 Å². The first kappa shape index (κ1) is 15.9. The second kappa shape index (κ2) is 6.51. The fraction of sp³-hybridized carbons (Fsp3) is 0.250. The number of aromatic nitrogens is 1. The van der Waals surface area contributed by atoms with Crippen molar-refractivity contribution < 1.29 is 13.6 Å². The van der Waals surface area contributed by atoms with Crippen molar-refractivity contribution in [1.29, 1.82) is 0 Å². The molecule has 0 radical (unpaired) electrons. The summed E-state index contributed by atoms with van der Waals surface area (Å²) in [4.78, 5) is 23.5. The highest BCUT2D eigenvalue weighted by molar-refractivity contribution is 5.93. The van der Waals surface area contributed by atoms with Crippen LogP contribution in [0.2, 0.25) is 0 Å². The van der Waals surface area contributed by atoms with E-state index in [1.807, 2.05) is 0 Å². The van der Waals surface area contributed by atoms with Gasteiger partial charge in [-0.1, -0.05) is 13.0 Å². The van der Waals surface area contributed by atoms with Crippen molar-refractivity contribution in [3.05, 3.63) is 69.6 Å². The van der Waals surface area contributed by atoms with Crippen molar-refractivity contribution in [3.63, 3.8) is 0 Å². The molecule has 0 aliphatic rings. The molecule has 22 heavy (non-hydrogen) atoms. The van der Waals surface area contributed by atoms with Gasteiger partial charge in [0.15, 0.2) is 11.6 Å². The molecule has 0 aliphatic carbocycles. The molecule has 2 rings (SSSR count). The molecule has 1 aromatic carbocycles. The second-order valence-electron chi connectivity index (χ2n) is 5.15. The first-order chi connectivity index (χ1) is 10.4. The van der Waals surface area contributed by atoms with Crippen LogP contribution in [0.4, 0.5) is 8.78 Å². The Morgan fingerprint density at radius 3 is 2.59 bits per heavy atom. The topological polar surface area (TPSA) is 51.1 Å². The largest absolute Gasteiger partial charge is 0.351 e. The summed E-state index contributed by atoms with van der Waals surface area (Å²) in [6.45, 7) is 2.04. The fourth-order valence-electron chi connectivity index (χ4n) is 1.97. The third-order valence-electron chi connectivity index (χ3n) is 3.45. The number of hydrogen-bond acceptors (Lipinski definition) is 2. The van der Waals surface area contributed by atoms with Crippen LogP contribution in [-0.2, 0) is 7.05 Å². The molecule has 116 valence electrons. The van der Waals surface area contributed by atoms with Gasteiger partial charge in [0.1, 0.15) is 0 Å². The first-order valence-corrected chi connectivity index (χ1v) is 6.78. The minimum Gasteiger partial charge on any atom is -0.351 e. The number of nitrogens with zero attached hydrogens (tertiary/aromatic N) is 1. The predicted octanol–water partition coefficient (Wildman–Crippen LogP) is 2.20. The van der Waals surface area contributed by atoms with Crippen molar-refractivity contribution in [2.24, 2.45) is 7.05 Å². The Morgan fingerprint density at radius 1 is 1.23 bits per heavy atom. The molecule has 1 unspecified atom stereocenters. The third kappa shape index (κ3) is 3.58. The van der Waals surface area contributed by atoms with E-state index in [1.54, 1.807) is 20.0 Å². The van der Waals surface area contributed by atoms with Crippen LogP contribution in [0.25, 0.3) is 0 Å². The highest BCUT2D eigenvalue weighted by Crippen LogP contribution is 2.17. The molecular weight excluding hydrogens is 290 g/mol. The van der Waals surface area contributed by atoms with Crippen LogP contribution in [0, 0.1) is 11.6 Å². The molecule has 6 heteroatoms. The van der Waals surface area contributed by atoms with E-state index < -0.39 is 11.6 Å². The summed E-state index contributed by atoms with van der Waals surface area (Å²) < 4.78 is 27.4. The number of aryl methyl sites for hydroxylation is 1. The van der Waals surface area contributed by atoms with Crippen LogP contribution in [0.15, 0.2) is 41.3 Å². The number of pyridine rings is 1. The SMILES string of the molecule is CC(CNC(=O)c1ccn(C)c(=O)c1)c1ccc(F)c(F)c1. The predicted molar refractivity (Wildman–Crippen MR) is 78.8 cm³/mol. The van der Waals surface area contributed by atoms with Gasteiger partial charge >= 0.3 is 0 Å². The van der Waals surface area contributed by atoms with Crippen LogP contribution in [0.3, 0.4) is 0 Å². The molecule has 1 atom stereocenters. The van der Waals surface area contributed by atoms with Gasteiger partial charge in [-0.15, -0.1) is 0 Å². The number of nitrogens with one attached hydrogen (secondary N) is 1. The summed E-state index contributed by atoms with van der Waals surface area (Å²) >= 11 is 0. The summed E-state index contributed by atoms with van der Waals surface area (Å²) in [5.41, 5.74) is 0.574. The lowest BCUT2D eigenvalue weighted by Gasteiger charge is -2.13. The van der Waals surface area contributed by atoms with Crippen LogP contribution >= 0.6 is 0 Å². The molecule has 1 aromatic heterocycles. The quantitative estimate of drug-likeness (QED) is 0.941. The summed E-state index contributed by atoms with van der Waals surface area (Å²) in [5.74, 6) is -2.39. The molecule has 4 nitrogen and oxygen atoms in total. The van der Waals surface area contributed by atoms with Crippen LogP contribution < -0.4 is 10.9 Å². The van der Waals surface area contributed by atoms with Gasteiger partial charge in [0, 0.05) is 31.4 Å². The summed E-state index contributed by atoms with van der Waals surface area (Å²) in [6, 6.07) is 6.44. The third-order valence-corrected chi connectivity index (χ3v) is 3.45. The Hall–Kier alpha value is -2.50. The van der Waals surface area contributed by atoms with Gasteiger partial charge in [-0.05, 0) is 29.7 Å². The smallest absolute Gasteiger partial charge is 0.251 e. The highest BCUT2D eigenvalue weighted by atomic mass is 19.2. The molecule has 0 saturated heterocycles. The number of amides is 1. The second-order valence-corrected chi connectivity index (χ2v) is 5.15. The average Bonchev–Trinajstić information content (AvgIpc) is 2.50. The zero-order chi connectivity index (χ0) is 16.3. The zero-order valence-electron chi connectivity index (χ0n) is 12.3. The molecule has 1 heterocycles. The summed E-state index contributed by atoms with van der Waals surface area (Å²) in [7, 11) is 1.59. The Balaban J connectivity index is 2.02. The molecule has 0 fully saturated rings. The minimum atomic E-state index is -0.915. The molecule has 0 aliphatic heterocycles. The standard InChI is InChI=1S/C16H16F2N2O2/c1-10(11-3-4-13(17)14(18)7-11)9-19-16(22)12-5-6-20(2)15(21)8-12/h3-8,10H,9H2,1-2H3,(H,19,22). The normalized spacial score (nSPS) is 12.0. The van der Waals surface area contributed by atoms with E-state index in [1.165, 1.54) is 22.9 Å². The van der Waals surface area contributed by atoms with E-state index in [0.717, 1.165) is 12.1 Å². The highest BCUT2D eigenvalue weighted by Gasteiger charge is 2.12. The lowest BCUT2D eigenvalue weighted by atomic mass is 10.0. The number of hydrogen-bond donors (Lipinski definition) is 1. The van der Waals surface area contributed by atoms with Crippen molar-refractivity contribution in [2.75, 3.05) is 6.54 Å². The van der Waals surface area contributed by atoms with Crippen molar-refractivity contribution in [3.8, 4) is 0 Å². The molecule has 2 aromatic rings. The van der Waals surface area contributed by atoms with Crippen LogP contribution in [0.5, 0.6) is 0 Å². The van der Waals surface area contributed by atoms with E-state index in [4.69, 9.17) is 0 Å². The van der Waals surface area contributed by atoms with Crippen molar-refractivity contribution in [1.82, 2.24) is 9.88 Å². The van der Waals surface area contributed by atoms with Gasteiger partial charge in [-0.3, -0.25) is 9.59 Å². The van der Waals surface area contributed by atoms with E-state index in [-0.39, 0.29) is 29.5 Å². The van der Waals surface area contributed by atoms with E-state index in [9.17, 15) is 18.4 Å². The van der Waals surface area contributed by atoms with Crippen molar-refractivity contribution >= 4 is 5.91 Å². The molecule has 1 amide bonds. The zero-order valence-corrected chi connectivity index (χ0v) is 12.3. The van der Waals surface area contributed by atoms with Crippen molar-refractivity contribution in [2.45, 2.75) is 12.8 Å². The maximum absolute atomic E-state index is 13.2. The van der Waals surface area contributed by atoms with E-state index >= 15 is 0 Å². The van der Waals surface area contributed by atoms with Gasteiger partial charge in [0.05, 0.1) is 0 Å². The Bertz CT molecular complexity index is 756. The molecule has 1 N–H and O–H groups in total. The Labute approximate surface area is 126 Å². The lowest BCUT2D eigenvalue weighted by molar-refractivity contribution is 0.0951. The average molecular weight is 306 g/mol. The Morgan fingerprint density at radius 2 is 1.95 bits per heavy atom. The van der Waals surface area contributed by atoms with Crippen LogP contribution in [0.1, 0.15) is 28.8 Å². The maximum atomic E-state index is 13.2.